The summed E-state index contributed by atoms with van der Waals surface area (Å²) >= 11 is 0. The minimum Gasteiger partial charge on any atom is -0.367 e. The molecule has 3 N–H and O–H groups in total. The average Bonchev–Trinajstić information content (AvgIpc) is 3.34. The molecule has 1 aliphatic carbocycles. The van der Waals surface area contributed by atoms with Crippen LogP contribution in [0.25, 0.3) is 11.7 Å². The lowest BCUT2D eigenvalue weighted by Crippen LogP contribution is -2.10. The van der Waals surface area contributed by atoms with Gasteiger partial charge in [0, 0.05) is 23.4 Å². The standard InChI is InChI=1S/C22H21FN6O/c1-12-3-6-17(23)18(7-12)27-19-10-20(26-16-4-5-16)29-22(28-19)15(11-24-29)8-14-9-21(30)25-13(14)2/h3,6-8,10-11,16,26H,2,4-5,9H2,1H3,(H,25,30)(H,27,28)/b14-8+. The van der Waals surface area contributed by atoms with E-state index in [-0.39, 0.29) is 18.1 Å². The summed E-state index contributed by atoms with van der Waals surface area (Å²) in [6, 6.07) is 7.14. The van der Waals surface area contributed by atoms with E-state index in [1.54, 1.807) is 22.8 Å². The van der Waals surface area contributed by atoms with Crippen molar-refractivity contribution in [2.45, 2.75) is 32.2 Å². The minimum atomic E-state index is -0.346. The zero-order valence-corrected chi connectivity index (χ0v) is 16.5. The molecule has 1 amide bonds. The molecule has 2 aromatic heterocycles. The zero-order valence-electron chi connectivity index (χ0n) is 16.5. The van der Waals surface area contributed by atoms with E-state index in [0.717, 1.165) is 35.4 Å². The summed E-state index contributed by atoms with van der Waals surface area (Å²) in [6.45, 7) is 5.80. The molecule has 1 saturated carbocycles. The first-order valence-electron chi connectivity index (χ1n) is 9.84. The number of hydrogen-bond acceptors (Lipinski definition) is 5. The molecule has 0 unspecified atom stereocenters. The number of amides is 1. The molecule has 2 aliphatic rings. The van der Waals surface area contributed by atoms with Crippen LogP contribution < -0.4 is 16.0 Å². The Hall–Kier alpha value is -3.68. The third-order valence-electron chi connectivity index (χ3n) is 5.17. The molecule has 152 valence electrons. The van der Waals surface area contributed by atoms with E-state index in [4.69, 9.17) is 0 Å². The maximum atomic E-state index is 14.3. The van der Waals surface area contributed by atoms with Gasteiger partial charge < -0.3 is 16.0 Å². The lowest BCUT2D eigenvalue weighted by Gasteiger charge is -2.12. The maximum Gasteiger partial charge on any atom is 0.228 e. The van der Waals surface area contributed by atoms with Gasteiger partial charge in [-0.2, -0.15) is 9.61 Å². The van der Waals surface area contributed by atoms with Gasteiger partial charge in [0.15, 0.2) is 5.65 Å². The van der Waals surface area contributed by atoms with Crippen LogP contribution in [0.3, 0.4) is 0 Å². The second-order valence-corrected chi connectivity index (χ2v) is 7.76. The van der Waals surface area contributed by atoms with Gasteiger partial charge in [0.25, 0.3) is 0 Å². The lowest BCUT2D eigenvalue weighted by molar-refractivity contribution is -0.118. The molecule has 1 aromatic carbocycles. The SMILES string of the molecule is C=C1NC(=O)C/C1=C\c1cnn2c(NC3CC3)cc(Nc3cc(C)ccc3F)nc12. The van der Waals surface area contributed by atoms with E-state index in [9.17, 15) is 9.18 Å². The molecule has 3 aromatic rings. The maximum absolute atomic E-state index is 14.3. The summed E-state index contributed by atoms with van der Waals surface area (Å²) in [7, 11) is 0. The number of carbonyl (C=O) groups is 1. The van der Waals surface area contributed by atoms with Crippen molar-refractivity contribution in [1.82, 2.24) is 19.9 Å². The second-order valence-electron chi connectivity index (χ2n) is 7.76. The third kappa shape index (κ3) is 3.52. The van der Waals surface area contributed by atoms with Crippen molar-refractivity contribution in [3.8, 4) is 0 Å². The molecule has 1 aliphatic heterocycles. The average molecular weight is 404 g/mol. The summed E-state index contributed by atoms with van der Waals surface area (Å²) in [5, 5.41) is 13.7. The number of nitrogens with one attached hydrogen (secondary N) is 3. The van der Waals surface area contributed by atoms with Crippen LogP contribution in [0.4, 0.5) is 21.7 Å². The number of halogens is 1. The number of benzene rings is 1. The zero-order chi connectivity index (χ0) is 20.8. The topological polar surface area (TPSA) is 83.4 Å². The Morgan fingerprint density at radius 2 is 2.17 bits per heavy atom. The van der Waals surface area contributed by atoms with E-state index in [0.29, 0.717) is 28.9 Å². The van der Waals surface area contributed by atoms with E-state index in [2.05, 4.69) is 32.6 Å². The number of fused-ring (bicyclic) bond motifs is 1. The van der Waals surface area contributed by atoms with Gasteiger partial charge in [0.1, 0.15) is 17.5 Å². The van der Waals surface area contributed by atoms with Gasteiger partial charge in [0.2, 0.25) is 5.91 Å². The van der Waals surface area contributed by atoms with Gasteiger partial charge in [-0.05, 0) is 49.1 Å². The van der Waals surface area contributed by atoms with Crippen LogP contribution in [0.15, 0.2) is 48.3 Å². The molecule has 0 atom stereocenters. The third-order valence-corrected chi connectivity index (χ3v) is 5.17. The van der Waals surface area contributed by atoms with Crippen LogP contribution in [-0.4, -0.2) is 26.5 Å². The molecule has 3 heterocycles. The van der Waals surface area contributed by atoms with Gasteiger partial charge in [-0.15, -0.1) is 0 Å². The molecular formula is C22H21FN6O. The molecule has 7 nitrogen and oxygen atoms in total. The molecule has 2 fully saturated rings. The van der Waals surface area contributed by atoms with Crippen LogP contribution >= 0.6 is 0 Å². The van der Waals surface area contributed by atoms with Gasteiger partial charge in [-0.3, -0.25) is 4.79 Å². The first-order valence-corrected chi connectivity index (χ1v) is 9.84. The highest BCUT2D eigenvalue weighted by atomic mass is 19.1. The first kappa shape index (κ1) is 18.4. The van der Waals surface area contributed by atoms with Crippen LogP contribution in [0.2, 0.25) is 0 Å². The second kappa shape index (κ2) is 6.98. The summed E-state index contributed by atoms with van der Waals surface area (Å²) in [6.07, 6.45) is 6.06. The Morgan fingerprint density at radius 1 is 1.33 bits per heavy atom. The Balaban J connectivity index is 1.59. The fourth-order valence-electron chi connectivity index (χ4n) is 3.46. The molecule has 0 radical (unpaired) electrons. The van der Waals surface area contributed by atoms with Crippen molar-refractivity contribution >= 4 is 35.0 Å². The quantitative estimate of drug-likeness (QED) is 0.601. The number of carbonyl (C=O) groups excluding carboxylic acids is 1. The number of nitrogens with zero attached hydrogens (tertiary/aromatic N) is 3. The Kier molecular flexibility index (Phi) is 4.27. The molecule has 1 saturated heterocycles. The van der Waals surface area contributed by atoms with Gasteiger partial charge in [0.05, 0.1) is 18.3 Å². The molecule has 5 rings (SSSR count). The van der Waals surface area contributed by atoms with Crippen molar-refractivity contribution in [2.24, 2.45) is 0 Å². The number of aromatic nitrogens is 3. The van der Waals surface area contributed by atoms with E-state index >= 15 is 0 Å². The summed E-state index contributed by atoms with van der Waals surface area (Å²) < 4.78 is 16.0. The van der Waals surface area contributed by atoms with Gasteiger partial charge in [-0.25, -0.2) is 9.37 Å². The predicted molar refractivity (Wildman–Crippen MR) is 114 cm³/mol. The van der Waals surface area contributed by atoms with Crippen LogP contribution in [-0.2, 0) is 4.79 Å². The van der Waals surface area contributed by atoms with Crippen molar-refractivity contribution in [2.75, 3.05) is 10.6 Å². The van der Waals surface area contributed by atoms with Crippen molar-refractivity contribution in [3.63, 3.8) is 0 Å². The first-order chi connectivity index (χ1) is 14.5. The molecule has 0 spiro atoms. The fourth-order valence-corrected chi connectivity index (χ4v) is 3.46. The number of aryl methyl sites for hydroxylation is 1. The molecule has 0 bridgehead atoms. The smallest absolute Gasteiger partial charge is 0.228 e. The minimum absolute atomic E-state index is 0.0796. The van der Waals surface area contributed by atoms with Crippen LogP contribution in [0.5, 0.6) is 0 Å². The van der Waals surface area contributed by atoms with Crippen LogP contribution in [0.1, 0.15) is 30.4 Å². The Bertz CT molecular complexity index is 1220. The van der Waals surface area contributed by atoms with Gasteiger partial charge in [-0.1, -0.05) is 12.6 Å². The normalized spacial score (nSPS) is 17.6. The van der Waals surface area contributed by atoms with Gasteiger partial charge >= 0.3 is 0 Å². The summed E-state index contributed by atoms with van der Waals surface area (Å²) in [5.74, 6) is 0.864. The predicted octanol–water partition coefficient (Wildman–Crippen LogP) is 3.91. The molecule has 8 heteroatoms. The molecular weight excluding hydrogens is 383 g/mol. The summed E-state index contributed by atoms with van der Waals surface area (Å²) in [5.41, 5.74) is 4.07. The Labute approximate surface area is 172 Å². The number of anilines is 3. The number of rotatable bonds is 5. The largest absolute Gasteiger partial charge is 0.367 e. The fraction of sp³-hybridized carbons (Fsp3) is 0.227. The highest BCUT2D eigenvalue weighted by Crippen LogP contribution is 2.30. The van der Waals surface area contributed by atoms with E-state index < -0.39 is 0 Å². The van der Waals surface area contributed by atoms with Crippen molar-refractivity contribution in [3.05, 3.63) is 65.3 Å². The number of hydrogen-bond donors (Lipinski definition) is 3. The number of allylic oxidation sites excluding steroid dienone is 1. The Morgan fingerprint density at radius 3 is 2.90 bits per heavy atom. The van der Waals surface area contributed by atoms with Crippen LogP contribution in [0, 0.1) is 12.7 Å². The summed E-state index contributed by atoms with van der Waals surface area (Å²) in [4.78, 5) is 16.3. The van der Waals surface area contributed by atoms with Crippen molar-refractivity contribution < 1.29 is 9.18 Å². The lowest BCUT2D eigenvalue weighted by atomic mass is 10.1. The van der Waals surface area contributed by atoms with E-state index in [1.807, 2.05) is 19.1 Å². The monoisotopic (exact) mass is 404 g/mol. The highest BCUT2D eigenvalue weighted by Gasteiger charge is 2.24. The van der Waals surface area contributed by atoms with Crippen molar-refractivity contribution in [1.29, 1.82) is 0 Å². The van der Waals surface area contributed by atoms with E-state index in [1.165, 1.54) is 6.07 Å². The highest BCUT2D eigenvalue weighted by molar-refractivity contribution is 5.89. The molecule has 30 heavy (non-hydrogen) atoms.